The fourth-order valence-corrected chi connectivity index (χ4v) is 2.53. The average molecular weight is 229 g/mol. The van der Waals surface area contributed by atoms with Crippen molar-refractivity contribution in [2.24, 2.45) is 0 Å². The lowest BCUT2D eigenvalue weighted by atomic mass is 10.4. The fraction of sp³-hybridized carbons (Fsp3) is 0.700. The van der Waals surface area contributed by atoms with Gasteiger partial charge in [-0.2, -0.15) is 0 Å². The molecule has 4 nitrogen and oxygen atoms in total. The number of hydrogen-bond donors (Lipinski definition) is 1. The van der Waals surface area contributed by atoms with Gasteiger partial charge in [-0.25, -0.2) is 4.98 Å². The van der Waals surface area contributed by atoms with Gasteiger partial charge in [-0.15, -0.1) is 11.3 Å². The first-order valence-corrected chi connectivity index (χ1v) is 5.74. The Bertz CT molecular complexity index is 275. The lowest BCUT2D eigenvalue weighted by Gasteiger charge is -2.04. The van der Waals surface area contributed by atoms with Crippen LogP contribution in [0.4, 0.5) is 0 Å². The van der Waals surface area contributed by atoms with Gasteiger partial charge in [0.15, 0.2) is 0 Å². The van der Waals surface area contributed by atoms with Gasteiger partial charge in [-0.3, -0.25) is 0 Å². The van der Waals surface area contributed by atoms with Crippen molar-refractivity contribution in [2.75, 3.05) is 28.3 Å². The zero-order chi connectivity index (χ0) is 11.3. The van der Waals surface area contributed by atoms with E-state index < -0.39 is 0 Å². The number of thiazole rings is 1. The van der Waals surface area contributed by atoms with Crippen molar-refractivity contribution < 1.29 is 4.74 Å². The average Bonchev–Trinajstić information content (AvgIpc) is 2.48. The number of aromatic nitrogens is 1. The summed E-state index contributed by atoms with van der Waals surface area (Å²) in [7, 11) is 7.75. The maximum atomic E-state index is 5.14. The molecule has 1 aromatic heterocycles. The highest BCUT2D eigenvalue weighted by Crippen LogP contribution is 2.20. The highest BCUT2D eigenvalue weighted by molar-refractivity contribution is 7.11. The van der Waals surface area contributed by atoms with Crippen LogP contribution >= 0.6 is 11.3 Å². The van der Waals surface area contributed by atoms with E-state index in [4.69, 9.17) is 4.74 Å². The number of rotatable bonds is 6. The van der Waals surface area contributed by atoms with Crippen molar-refractivity contribution in [3.05, 3.63) is 15.6 Å². The van der Waals surface area contributed by atoms with E-state index in [0.717, 1.165) is 23.8 Å². The number of methoxy groups -OCH3 is 1. The first-order chi connectivity index (χ1) is 7.17. The Hall–Kier alpha value is -0.490. The lowest BCUT2D eigenvalue weighted by Crippen LogP contribution is -2.10. The Morgan fingerprint density at radius 2 is 2.20 bits per heavy atom. The topological polar surface area (TPSA) is 37.4 Å². The molecule has 15 heavy (non-hydrogen) atoms. The summed E-state index contributed by atoms with van der Waals surface area (Å²) in [5, 5.41) is 4.30. The highest BCUT2D eigenvalue weighted by Gasteiger charge is 2.10. The molecule has 0 saturated carbocycles. The summed E-state index contributed by atoms with van der Waals surface area (Å²) in [6, 6.07) is 0. The molecule has 0 bridgehead atoms. The minimum Gasteiger partial charge on any atom is -0.378 e. The van der Waals surface area contributed by atoms with Gasteiger partial charge in [0.25, 0.3) is 0 Å². The van der Waals surface area contributed by atoms with Crippen molar-refractivity contribution in [2.45, 2.75) is 19.7 Å². The van der Waals surface area contributed by atoms with Gasteiger partial charge in [0.2, 0.25) is 0 Å². The molecule has 1 N–H and O–H groups in total. The monoisotopic (exact) mass is 229 g/mol. The molecule has 0 aliphatic carbocycles. The summed E-state index contributed by atoms with van der Waals surface area (Å²) in [5.41, 5.74) is 1.06. The summed E-state index contributed by atoms with van der Waals surface area (Å²) in [6.45, 7) is 2.36. The second-order valence-electron chi connectivity index (χ2n) is 3.68. The molecule has 0 atom stereocenters. The van der Waals surface area contributed by atoms with Crippen LogP contribution < -0.4 is 5.32 Å². The molecule has 0 aromatic carbocycles. The fourth-order valence-electron chi connectivity index (χ4n) is 1.32. The SMILES string of the molecule is CNCc1sc(CN(C)C)nc1COC. The van der Waals surface area contributed by atoms with E-state index in [0.29, 0.717) is 6.61 Å². The predicted molar refractivity (Wildman–Crippen MR) is 63.0 cm³/mol. The minimum absolute atomic E-state index is 0.598. The van der Waals surface area contributed by atoms with E-state index in [1.54, 1.807) is 18.4 Å². The van der Waals surface area contributed by atoms with Crippen LogP contribution in [0.3, 0.4) is 0 Å². The summed E-state index contributed by atoms with van der Waals surface area (Å²) in [4.78, 5) is 7.97. The Morgan fingerprint density at radius 3 is 2.73 bits per heavy atom. The molecule has 0 fully saturated rings. The summed E-state index contributed by atoms with van der Waals surface area (Å²) in [6.07, 6.45) is 0. The highest BCUT2D eigenvalue weighted by atomic mass is 32.1. The summed E-state index contributed by atoms with van der Waals surface area (Å²) < 4.78 is 5.14. The van der Waals surface area contributed by atoms with Crippen molar-refractivity contribution in [1.82, 2.24) is 15.2 Å². The standard InChI is InChI=1S/C10H19N3OS/c1-11-5-9-8(7-14-4)12-10(15-9)6-13(2)3/h11H,5-7H2,1-4H3. The summed E-state index contributed by atoms with van der Waals surface area (Å²) >= 11 is 1.76. The van der Waals surface area contributed by atoms with Crippen LogP contribution in [0.5, 0.6) is 0 Å². The molecule has 0 aliphatic heterocycles. The van der Waals surface area contributed by atoms with Crippen LogP contribution in [0, 0.1) is 0 Å². The first kappa shape index (κ1) is 12.6. The third kappa shape index (κ3) is 3.87. The molecular weight excluding hydrogens is 210 g/mol. The molecule has 86 valence electrons. The molecule has 5 heteroatoms. The van der Waals surface area contributed by atoms with Crippen molar-refractivity contribution in [1.29, 1.82) is 0 Å². The van der Waals surface area contributed by atoms with Gasteiger partial charge in [-0.05, 0) is 21.1 Å². The van der Waals surface area contributed by atoms with E-state index in [9.17, 15) is 0 Å². The smallest absolute Gasteiger partial charge is 0.107 e. The number of hydrogen-bond acceptors (Lipinski definition) is 5. The van der Waals surface area contributed by atoms with E-state index in [2.05, 4.69) is 29.3 Å². The van der Waals surface area contributed by atoms with Crippen LogP contribution in [0.15, 0.2) is 0 Å². The molecule has 0 amide bonds. The maximum absolute atomic E-state index is 5.14. The van der Waals surface area contributed by atoms with Crippen LogP contribution in [0.2, 0.25) is 0 Å². The lowest BCUT2D eigenvalue weighted by molar-refractivity contribution is 0.181. The predicted octanol–water partition coefficient (Wildman–Crippen LogP) is 1.07. The molecule has 0 radical (unpaired) electrons. The van der Waals surface area contributed by atoms with Gasteiger partial charge in [-0.1, -0.05) is 0 Å². The quantitative estimate of drug-likeness (QED) is 0.792. The van der Waals surface area contributed by atoms with E-state index >= 15 is 0 Å². The second kappa shape index (κ2) is 6.17. The van der Waals surface area contributed by atoms with Crippen LogP contribution in [-0.2, 0) is 24.4 Å². The second-order valence-corrected chi connectivity index (χ2v) is 4.85. The Morgan fingerprint density at radius 1 is 1.47 bits per heavy atom. The molecule has 1 aromatic rings. The van der Waals surface area contributed by atoms with Gasteiger partial charge in [0, 0.05) is 25.1 Å². The van der Waals surface area contributed by atoms with Crippen molar-refractivity contribution in [3.63, 3.8) is 0 Å². The number of nitrogens with zero attached hydrogens (tertiary/aromatic N) is 2. The molecule has 0 aliphatic rings. The summed E-state index contributed by atoms with van der Waals surface area (Å²) in [5.74, 6) is 0. The molecule has 0 spiro atoms. The Labute approximate surface area is 95.3 Å². The van der Waals surface area contributed by atoms with Gasteiger partial charge >= 0.3 is 0 Å². The zero-order valence-corrected chi connectivity index (χ0v) is 10.6. The van der Waals surface area contributed by atoms with Crippen LogP contribution in [-0.4, -0.2) is 38.1 Å². The van der Waals surface area contributed by atoms with Gasteiger partial charge in [0.05, 0.1) is 12.3 Å². The molecule has 0 unspecified atom stereocenters. The van der Waals surface area contributed by atoms with Crippen molar-refractivity contribution in [3.8, 4) is 0 Å². The van der Waals surface area contributed by atoms with E-state index in [1.807, 2.05) is 7.05 Å². The van der Waals surface area contributed by atoms with Crippen LogP contribution in [0.1, 0.15) is 15.6 Å². The third-order valence-electron chi connectivity index (χ3n) is 1.89. The van der Waals surface area contributed by atoms with Gasteiger partial charge in [0.1, 0.15) is 5.01 Å². The maximum Gasteiger partial charge on any atom is 0.107 e. The normalized spacial score (nSPS) is 11.3. The zero-order valence-electron chi connectivity index (χ0n) is 9.83. The molecule has 1 rings (SSSR count). The van der Waals surface area contributed by atoms with Crippen LogP contribution in [0.25, 0.3) is 0 Å². The van der Waals surface area contributed by atoms with E-state index in [-0.39, 0.29) is 0 Å². The third-order valence-corrected chi connectivity index (χ3v) is 2.97. The van der Waals surface area contributed by atoms with Crippen molar-refractivity contribution >= 4 is 11.3 Å². The minimum atomic E-state index is 0.598. The molecule has 1 heterocycles. The Kier molecular flexibility index (Phi) is 5.17. The number of nitrogens with one attached hydrogen (secondary N) is 1. The molecule has 0 saturated heterocycles. The Balaban J connectivity index is 2.77. The largest absolute Gasteiger partial charge is 0.378 e. The van der Waals surface area contributed by atoms with Gasteiger partial charge < -0.3 is 15.0 Å². The number of ether oxygens (including phenoxy) is 1. The van der Waals surface area contributed by atoms with E-state index in [1.165, 1.54) is 4.88 Å². The first-order valence-electron chi connectivity index (χ1n) is 4.93. The molecular formula is C10H19N3OS.